The summed E-state index contributed by atoms with van der Waals surface area (Å²) in [5, 5.41) is 8.87. The summed E-state index contributed by atoms with van der Waals surface area (Å²) >= 11 is 0. The lowest BCUT2D eigenvalue weighted by Gasteiger charge is -2.30. The van der Waals surface area contributed by atoms with Crippen LogP contribution in [0.4, 0.5) is 4.39 Å². The molecule has 2 atom stereocenters. The van der Waals surface area contributed by atoms with Gasteiger partial charge in [0.25, 0.3) is 0 Å². The van der Waals surface area contributed by atoms with E-state index in [4.69, 9.17) is 5.11 Å². The standard InChI is InChI=1S/C10H12FNO2/c11-8-3-1-2-7-6(8)4-5-12-9(7)10(13)14/h5-6,8H,1-4H2,(H,13,14). The SMILES string of the molecule is O=C(O)C1=C2CCCC(F)C2CC=N1. The Bertz CT molecular complexity index is 322. The minimum absolute atomic E-state index is 0.0728. The zero-order valence-electron chi connectivity index (χ0n) is 7.74. The molecule has 0 aromatic carbocycles. The van der Waals surface area contributed by atoms with Crippen LogP contribution in [0.5, 0.6) is 0 Å². The molecular formula is C10H12FNO2. The van der Waals surface area contributed by atoms with Crippen molar-refractivity contribution in [1.82, 2.24) is 0 Å². The van der Waals surface area contributed by atoms with E-state index in [0.29, 0.717) is 24.8 Å². The number of aliphatic imine (C=N–C) groups is 1. The van der Waals surface area contributed by atoms with E-state index in [1.54, 1.807) is 0 Å². The van der Waals surface area contributed by atoms with E-state index >= 15 is 0 Å². The summed E-state index contributed by atoms with van der Waals surface area (Å²) in [4.78, 5) is 14.7. The number of aliphatic carboxylic acids is 1. The Kier molecular flexibility index (Phi) is 2.35. The third kappa shape index (κ3) is 1.45. The summed E-state index contributed by atoms with van der Waals surface area (Å²) in [5.74, 6) is -1.26. The number of rotatable bonds is 1. The number of halogens is 1. The quantitative estimate of drug-likeness (QED) is 0.698. The normalized spacial score (nSPS) is 31.5. The molecule has 3 nitrogen and oxygen atoms in total. The van der Waals surface area contributed by atoms with Gasteiger partial charge in [0.1, 0.15) is 11.9 Å². The smallest absolute Gasteiger partial charge is 0.354 e. The molecule has 14 heavy (non-hydrogen) atoms. The molecular weight excluding hydrogens is 185 g/mol. The number of carboxylic acids is 1. The predicted molar refractivity (Wildman–Crippen MR) is 50.0 cm³/mol. The van der Waals surface area contributed by atoms with Gasteiger partial charge in [-0.3, -0.25) is 4.99 Å². The minimum Gasteiger partial charge on any atom is -0.477 e. The molecule has 0 bridgehead atoms. The molecule has 0 spiro atoms. The second kappa shape index (κ2) is 3.52. The van der Waals surface area contributed by atoms with Crippen LogP contribution in [-0.2, 0) is 4.79 Å². The number of nitrogens with zero attached hydrogens (tertiary/aromatic N) is 1. The second-order valence-electron chi connectivity index (χ2n) is 3.74. The Balaban J connectivity index is 2.36. The summed E-state index contributed by atoms with van der Waals surface area (Å²) in [5.41, 5.74) is 0.780. The third-order valence-electron chi connectivity index (χ3n) is 2.90. The molecule has 0 saturated heterocycles. The highest BCUT2D eigenvalue weighted by molar-refractivity contribution is 5.90. The van der Waals surface area contributed by atoms with E-state index in [-0.39, 0.29) is 11.6 Å². The van der Waals surface area contributed by atoms with Crippen LogP contribution in [0.25, 0.3) is 0 Å². The van der Waals surface area contributed by atoms with Crippen LogP contribution >= 0.6 is 0 Å². The lowest BCUT2D eigenvalue weighted by atomic mass is 9.79. The molecule has 1 N–H and O–H groups in total. The van der Waals surface area contributed by atoms with E-state index in [0.717, 1.165) is 6.42 Å². The van der Waals surface area contributed by atoms with Crippen molar-refractivity contribution in [2.45, 2.75) is 31.9 Å². The van der Waals surface area contributed by atoms with Gasteiger partial charge >= 0.3 is 5.97 Å². The van der Waals surface area contributed by atoms with Gasteiger partial charge < -0.3 is 5.11 Å². The van der Waals surface area contributed by atoms with Crippen molar-refractivity contribution in [3.05, 3.63) is 11.3 Å². The van der Waals surface area contributed by atoms with Gasteiger partial charge in [0.05, 0.1) is 0 Å². The maximum Gasteiger partial charge on any atom is 0.354 e. The largest absolute Gasteiger partial charge is 0.477 e. The highest BCUT2D eigenvalue weighted by Gasteiger charge is 2.33. The predicted octanol–water partition coefficient (Wildman–Crippen LogP) is 1.94. The Morgan fingerprint density at radius 3 is 3.14 bits per heavy atom. The van der Waals surface area contributed by atoms with Crippen molar-refractivity contribution in [3.63, 3.8) is 0 Å². The number of fused-ring (bicyclic) bond motifs is 1. The molecule has 1 heterocycles. The van der Waals surface area contributed by atoms with Crippen LogP contribution in [-0.4, -0.2) is 23.5 Å². The van der Waals surface area contributed by atoms with E-state index in [2.05, 4.69) is 4.99 Å². The molecule has 2 rings (SSSR count). The number of hydrogen-bond acceptors (Lipinski definition) is 2. The maximum absolute atomic E-state index is 13.5. The maximum atomic E-state index is 13.5. The molecule has 76 valence electrons. The zero-order valence-corrected chi connectivity index (χ0v) is 7.74. The lowest BCUT2D eigenvalue weighted by molar-refractivity contribution is -0.132. The summed E-state index contributed by atoms with van der Waals surface area (Å²) in [6, 6.07) is 0. The highest BCUT2D eigenvalue weighted by Crippen LogP contribution is 2.37. The molecule has 1 fully saturated rings. The molecule has 4 heteroatoms. The van der Waals surface area contributed by atoms with Gasteiger partial charge in [-0.25, -0.2) is 9.18 Å². The van der Waals surface area contributed by atoms with Crippen LogP contribution in [0.1, 0.15) is 25.7 Å². The summed E-state index contributed by atoms with van der Waals surface area (Å²) in [6.45, 7) is 0. The second-order valence-corrected chi connectivity index (χ2v) is 3.74. The fraction of sp³-hybridized carbons (Fsp3) is 0.600. The van der Waals surface area contributed by atoms with Crippen LogP contribution < -0.4 is 0 Å². The summed E-state index contributed by atoms with van der Waals surface area (Å²) < 4.78 is 13.5. The minimum atomic E-state index is -1.03. The monoisotopic (exact) mass is 197 g/mol. The number of hydrogen-bond donors (Lipinski definition) is 1. The van der Waals surface area contributed by atoms with Gasteiger partial charge in [-0.15, -0.1) is 0 Å². The molecule has 0 amide bonds. The number of carbonyl (C=O) groups is 1. The van der Waals surface area contributed by atoms with Crippen molar-refractivity contribution in [2.75, 3.05) is 0 Å². The fourth-order valence-electron chi connectivity index (χ4n) is 2.21. The van der Waals surface area contributed by atoms with Gasteiger partial charge in [-0.05, 0) is 31.3 Å². The number of allylic oxidation sites excluding steroid dienone is 1. The molecule has 0 aromatic heterocycles. The molecule has 2 aliphatic rings. The highest BCUT2D eigenvalue weighted by atomic mass is 19.1. The van der Waals surface area contributed by atoms with Crippen LogP contribution in [0, 0.1) is 5.92 Å². The average molecular weight is 197 g/mol. The van der Waals surface area contributed by atoms with Crippen LogP contribution in [0.15, 0.2) is 16.3 Å². The van der Waals surface area contributed by atoms with E-state index in [1.807, 2.05) is 0 Å². The summed E-state index contributed by atoms with van der Waals surface area (Å²) in [7, 11) is 0. The first-order valence-electron chi connectivity index (χ1n) is 4.83. The van der Waals surface area contributed by atoms with Gasteiger partial charge in [0, 0.05) is 12.1 Å². The topological polar surface area (TPSA) is 49.7 Å². The molecule has 0 radical (unpaired) electrons. The van der Waals surface area contributed by atoms with Crippen molar-refractivity contribution in [1.29, 1.82) is 0 Å². The van der Waals surface area contributed by atoms with Crippen molar-refractivity contribution in [2.24, 2.45) is 10.9 Å². The molecule has 1 saturated carbocycles. The summed E-state index contributed by atoms with van der Waals surface area (Å²) in [6.07, 6.45) is 3.15. The van der Waals surface area contributed by atoms with E-state index in [1.165, 1.54) is 6.21 Å². The fourth-order valence-corrected chi connectivity index (χ4v) is 2.21. The van der Waals surface area contributed by atoms with Gasteiger partial charge in [0.2, 0.25) is 0 Å². The lowest BCUT2D eigenvalue weighted by Crippen LogP contribution is -2.27. The number of alkyl halides is 1. The van der Waals surface area contributed by atoms with Crippen molar-refractivity contribution < 1.29 is 14.3 Å². The van der Waals surface area contributed by atoms with E-state index in [9.17, 15) is 9.18 Å². The van der Waals surface area contributed by atoms with Crippen LogP contribution in [0.3, 0.4) is 0 Å². The van der Waals surface area contributed by atoms with E-state index < -0.39 is 12.1 Å². The first-order valence-corrected chi connectivity index (χ1v) is 4.83. The molecule has 0 aromatic rings. The Hall–Kier alpha value is -1.19. The zero-order chi connectivity index (χ0) is 10.1. The van der Waals surface area contributed by atoms with Crippen molar-refractivity contribution in [3.8, 4) is 0 Å². The first kappa shape index (κ1) is 9.37. The van der Waals surface area contributed by atoms with Gasteiger partial charge in [-0.2, -0.15) is 0 Å². The Morgan fingerprint density at radius 1 is 1.64 bits per heavy atom. The molecule has 2 unspecified atom stereocenters. The number of carboxylic acid groups (broad SMARTS) is 1. The van der Waals surface area contributed by atoms with Gasteiger partial charge in [-0.1, -0.05) is 0 Å². The Labute approximate surface area is 81.3 Å². The van der Waals surface area contributed by atoms with Crippen molar-refractivity contribution >= 4 is 12.2 Å². The average Bonchev–Trinajstić information content (AvgIpc) is 2.17. The third-order valence-corrected chi connectivity index (χ3v) is 2.90. The first-order chi connectivity index (χ1) is 6.70. The molecule has 1 aliphatic heterocycles. The van der Waals surface area contributed by atoms with Crippen LogP contribution in [0.2, 0.25) is 0 Å². The Morgan fingerprint density at radius 2 is 2.43 bits per heavy atom. The molecule has 1 aliphatic carbocycles. The van der Waals surface area contributed by atoms with Gasteiger partial charge in [0.15, 0.2) is 0 Å².